The number of carbonyl (C=O) groups excluding carboxylic acids is 1. The Morgan fingerprint density at radius 2 is 2.14 bits per heavy atom. The fourth-order valence-corrected chi connectivity index (χ4v) is 2.26. The predicted molar refractivity (Wildman–Crippen MR) is 77.8 cm³/mol. The predicted octanol–water partition coefficient (Wildman–Crippen LogP) is 1.37. The number of carbonyl (C=O) groups is 1. The van der Waals surface area contributed by atoms with Crippen LogP contribution in [-0.2, 0) is 10.2 Å². The summed E-state index contributed by atoms with van der Waals surface area (Å²) in [7, 11) is 1.53. The Morgan fingerprint density at radius 3 is 2.67 bits per heavy atom. The summed E-state index contributed by atoms with van der Waals surface area (Å²) in [6.45, 7) is 0.661. The monoisotopic (exact) mass is 288 g/mol. The van der Waals surface area contributed by atoms with Gasteiger partial charge in [-0.05, 0) is 37.0 Å². The van der Waals surface area contributed by atoms with Crippen molar-refractivity contribution in [3.63, 3.8) is 0 Å². The Hall–Kier alpha value is -1.90. The highest BCUT2D eigenvalue weighted by atomic mass is 16.5. The summed E-state index contributed by atoms with van der Waals surface area (Å²) in [5.41, 5.74) is 1.23. The zero-order chi connectivity index (χ0) is 15.3. The summed E-state index contributed by atoms with van der Waals surface area (Å²) in [5.74, 6) is -0.173. The van der Waals surface area contributed by atoms with Gasteiger partial charge in [0.25, 0.3) is 5.91 Å². The van der Waals surface area contributed by atoms with E-state index in [1.165, 1.54) is 7.11 Å². The maximum absolute atomic E-state index is 11.9. The number of aliphatic hydroxyl groups excluding tert-OH is 1. The smallest absolute Gasteiger partial charge is 0.251 e. The second kappa shape index (κ2) is 6.70. The number of hydrogen-bond donors (Lipinski definition) is 2. The summed E-state index contributed by atoms with van der Waals surface area (Å²) >= 11 is 0. The number of nitrogens with one attached hydrogen (secondary N) is 1. The zero-order valence-corrected chi connectivity index (χ0v) is 12.1. The highest BCUT2D eigenvalue weighted by molar-refractivity contribution is 5.94. The van der Waals surface area contributed by atoms with Crippen molar-refractivity contribution in [1.82, 2.24) is 5.32 Å². The Morgan fingerprint density at radius 1 is 1.48 bits per heavy atom. The summed E-state index contributed by atoms with van der Waals surface area (Å²) in [4.78, 5) is 11.9. The molecule has 1 saturated carbocycles. The van der Waals surface area contributed by atoms with Crippen LogP contribution < -0.4 is 5.32 Å². The van der Waals surface area contributed by atoms with E-state index >= 15 is 0 Å². The standard InChI is InChI=1S/C16H20N2O3/c1-21-10-14(19)6-9-18-15(20)12-2-4-13(5-3-12)16(11-17)7-8-16/h2-5,14,19H,6-10H2,1H3,(H,18,20). The van der Waals surface area contributed by atoms with Gasteiger partial charge in [0, 0.05) is 19.2 Å². The lowest BCUT2D eigenvalue weighted by Gasteiger charge is -2.11. The molecule has 0 spiro atoms. The molecule has 2 N–H and O–H groups in total. The molecule has 1 aromatic rings. The van der Waals surface area contributed by atoms with E-state index in [1.54, 1.807) is 12.1 Å². The third-order valence-corrected chi connectivity index (χ3v) is 3.79. The van der Waals surface area contributed by atoms with Crippen molar-refractivity contribution >= 4 is 5.91 Å². The molecule has 0 aliphatic heterocycles. The zero-order valence-electron chi connectivity index (χ0n) is 12.1. The van der Waals surface area contributed by atoms with Crippen LogP contribution in [0.1, 0.15) is 35.2 Å². The van der Waals surface area contributed by atoms with Crippen molar-refractivity contribution < 1.29 is 14.6 Å². The van der Waals surface area contributed by atoms with E-state index in [0.29, 0.717) is 18.5 Å². The first-order valence-electron chi connectivity index (χ1n) is 7.08. The number of nitriles is 1. The Bertz CT molecular complexity index is 529. The molecule has 1 amide bonds. The Kier molecular flexibility index (Phi) is 4.94. The van der Waals surface area contributed by atoms with E-state index < -0.39 is 6.10 Å². The van der Waals surface area contributed by atoms with Crippen molar-refractivity contribution in [2.75, 3.05) is 20.3 Å². The average molecular weight is 288 g/mol. The summed E-state index contributed by atoms with van der Waals surface area (Å²) in [5, 5.41) is 21.4. The number of aliphatic hydroxyl groups is 1. The maximum atomic E-state index is 11.9. The molecule has 1 aliphatic carbocycles. The lowest BCUT2D eigenvalue weighted by Crippen LogP contribution is -2.28. The van der Waals surface area contributed by atoms with Gasteiger partial charge >= 0.3 is 0 Å². The molecule has 0 heterocycles. The van der Waals surface area contributed by atoms with E-state index in [0.717, 1.165) is 18.4 Å². The molecule has 5 heteroatoms. The van der Waals surface area contributed by atoms with Crippen LogP contribution in [0.2, 0.25) is 0 Å². The fourth-order valence-electron chi connectivity index (χ4n) is 2.26. The van der Waals surface area contributed by atoms with Crippen molar-refractivity contribution in [1.29, 1.82) is 5.26 Å². The van der Waals surface area contributed by atoms with Crippen LogP contribution >= 0.6 is 0 Å². The minimum atomic E-state index is -0.567. The lowest BCUT2D eigenvalue weighted by molar-refractivity contribution is 0.0587. The van der Waals surface area contributed by atoms with Gasteiger partial charge in [-0.15, -0.1) is 0 Å². The van der Waals surface area contributed by atoms with E-state index in [1.807, 2.05) is 12.1 Å². The third kappa shape index (κ3) is 3.81. The van der Waals surface area contributed by atoms with Crippen LogP contribution in [0, 0.1) is 11.3 Å². The van der Waals surface area contributed by atoms with Gasteiger partial charge in [-0.3, -0.25) is 4.79 Å². The van der Waals surface area contributed by atoms with Gasteiger partial charge in [0.2, 0.25) is 0 Å². The Labute approximate surface area is 124 Å². The second-order valence-corrected chi connectivity index (χ2v) is 5.43. The van der Waals surface area contributed by atoms with Gasteiger partial charge in [-0.25, -0.2) is 0 Å². The number of benzene rings is 1. The number of ether oxygens (including phenoxy) is 1. The van der Waals surface area contributed by atoms with Crippen LogP contribution in [-0.4, -0.2) is 37.4 Å². The van der Waals surface area contributed by atoms with E-state index in [-0.39, 0.29) is 17.9 Å². The van der Waals surface area contributed by atoms with Gasteiger partial charge < -0.3 is 15.2 Å². The van der Waals surface area contributed by atoms with Crippen LogP contribution in [0.4, 0.5) is 0 Å². The molecule has 0 bridgehead atoms. The van der Waals surface area contributed by atoms with Crippen LogP contribution in [0.25, 0.3) is 0 Å². The molecule has 1 aromatic carbocycles. The van der Waals surface area contributed by atoms with Crippen molar-refractivity contribution in [3.05, 3.63) is 35.4 Å². The highest BCUT2D eigenvalue weighted by Gasteiger charge is 2.44. The SMILES string of the molecule is COCC(O)CCNC(=O)c1ccc(C2(C#N)CC2)cc1. The van der Waals surface area contributed by atoms with Gasteiger partial charge in [-0.1, -0.05) is 12.1 Å². The molecule has 0 radical (unpaired) electrons. The number of methoxy groups -OCH3 is 1. The first-order valence-corrected chi connectivity index (χ1v) is 7.08. The number of amides is 1. The highest BCUT2D eigenvalue weighted by Crippen LogP contribution is 2.47. The molecular weight excluding hydrogens is 268 g/mol. The summed E-state index contributed by atoms with van der Waals surface area (Å²) in [6.07, 6.45) is 1.68. The molecule has 0 saturated heterocycles. The first-order chi connectivity index (χ1) is 10.1. The van der Waals surface area contributed by atoms with Gasteiger partial charge in [0.05, 0.1) is 24.2 Å². The van der Waals surface area contributed by atoms with E-state index in [2.05, 4.69) is 11.4 Å². The second-order valence-electron chi connectivity index (χ2n) is 5.43. The summed E-state index contributed by atoms with van der Waals surface area (Å²) < 4.78 is 4.82. The number of rotatable bonds is 7. The van der Waals surface area contributed by atoms with Crippen LogP contribution in [0.3, 0.4) is 0 Å². The third-order valence-electron chi connectivity index (χ3n) is 3.79. The number of nitrogens with zero attached hydrogens (tertiary/aromatic N) is 1. The molecule has 1 atom stereocenters. The molecule has 1 aliphatic rings. The number of hydrogen-bond acceptors (Lipinski definition) is 4. The largest absolute Gasteiger partial charge is 0.391 e. The topological polar surface area (TPSA) is 82.3 Å². The normalized spacial score (nSPS) is 16.8. The molecule has 5 nitrogen and oxygen atoms in total. The molecule has 1 fully saturated rings. The molecule has 2 rings (SSSR count). The first kappa shape index (κ1) is 15.5. The van der Waals surface area contributed by atoms with Gasteiger partial charge in [0.1, 0.15) is 0 Å². The minimum Gasteiger partial charge on any atom is -0.391 e. The van der Waals surface area contributed by atoms with Crippen LogP contribution in [0.15, 0.2) is 24.3 Å². The van der Waals surface area contributed by atoms with E-state index in [9.17, 15) is 9.90 Å². The van der Waals surface area contributed by atoms with Crippen molar-refractivity contribution in [2.24, 2.45) is 0 Å². The lowest BCUT2D eigenvalue weighted by atomic mass is 9.96. The quantitative estimate of drug-likeness (QED) is 0.794. The van der Waals surface area contributed by atoms with E-state index in [4.69, 9.17) is 10.00 Å². The summed E-state index contributed by atoms with van der Waals surface area (Å²) in [6, 6.07) is 9.53. The van der Waals surface area contributed by atoms with Crippen molar-refractivity contribution in [3.8, 4) is 6.07 Å². The minimum absolute atomic E-state index is 0.173. The maximum Gasteiger partial charge on any atom is 0.251 e. The van der Waals surface area contributed by atoms with Crippen molar-refractivity contribution in [2.45, 2.75) is 30.8 Å². The Balaban J connectivity index is 1.85. The van der Waals surface area contributed by atoms with Gasteiger partial charge in [-0.2, -0.15) is 5.26 Å². The molecule has 1 unspecified atom stereocenters. The average Bonchev–Trinajstić information content (AvgIpc) is 3.29. The molecular formula is C16H20N2O3. The van der Waals surface area contributed by atoms with Gasteiger partial charge in [0.15, 0.2) is 0 Å². The fraction of sp³-hybridized carbons (Fsp3) is 0.500. The molecule has 21 heavy (non-hydrogen) atoms. The van der Waals surface area contributed by atoms with Crippen LogP contribution in [0.5, 0.6) is 0 Å². The molecule has 112 valence electrons. The molecule has 0 aromatic heterocycles.